The minimum Gasteiger partial charge on any atom is -0.444 e. The molecule has 4 nitrogen and oxygen atoms in total. The molecule has 2 heterocycles. The van der Waals surface area contributed by atoms with Crippen LogP contribution in [0.15, 0.2) is 0 Å². The van der Waals surface area contributed by atoms with E-state index in [2.05, 4.69) is 0 Å². The minimum atomic E-state index is -0.412. The van der Waals surface area contributed by atoms with Crippen molar-refractivity contribution in [2.24, 2.45) is 0 Å². The zero-order chi connectivity index (χ0) is 12.3. The van der Waals surface area contributed by atoms with Gasteiger partial charge in [-0.15, -0.1) is 0 Å². The third-order valence-electron chi connectivity index (χ3n) is 4.10. The van der Waals surface area contributed by atoms with Gasteiger partial charge in [0.1, 0.15) is 17.8 Å². The van der Waals surface area contributed by atoms with Crippen LogP contribution in [0.1, 0.15) is 46.5 Å². The summed E-state index contributed by atoms with van der Waals surface area (Å²) in [5.74, 6) is 0. The molecule has 2 saturated heterocycles. The normalized spacial score (nSPS) is 33.9. The van der Waals surface area contributed by atoms with Gasteiger partial charge in [-0.25, -0.2) is 4.79 Å². The Kier molecular flexibility index (Phi) is 2.25. The maximum absolute atomic E-state index is 12.2. The number of carbonyl (C=O) groups excluding carboxylic acids is 1. The number of rotatable bonds is 0. The fourth-order valence-electron chi connectivity index (χ4n) is 3.38. The van der Waals surface area contributed by atoms with E-state index in [1.807, 2.05) is 25.7 Å². The van der Waals surface area contributed by atoms with E-state index in [4.69, 9.17) is 9.47 Å². The second-order valence-corrected chi connectivity index (χ2v) is 6.50. The molecule has 17 heavy (non-hydrogen) atoms. The van der Waals surface area contributed by atoms with E-state index in [9.17, 15) is 4.79 Å². The topological polar surface area (TPSA) is 42.1 Å². The molecule has 3 aliphatic rings. The number of likely N-dealkylation sites (tertiary alicyclic amines) is 1. The molecule has 0 aromatic heterocycles. The van der Waals surface area contributed by atoms with Crippen LogP contribution in [0.2, 0.25) is 0 Å². The van der Waals surface area contributed by atoms with Gasteiger partial charge < -0.3 is 9.47 Å². The van der Waals surface area contributed by atoms with E-state index in [-0.39, 0.29) is 23.8 Å². The summed E-state index contributed by atoms with van der Waals surface area (Å²) in [6.45, 7) is 6.47. The van der Waals surface area contributed by atoms with Gasteiger partial charge in [-0.3, -0.25) is 4.90 Å². The number of hydrogen-bond donors (Lipinski definition) is 0. The summed E-state index contributed by atoms with van der Waals surface area (Å²) in [5, 5.41) is 0. The number of amides is 1. The monoisotopic (exact) mass is 239 g/mol. The Morgan fingerprint density at radius 3 is 2.59 bits per heavy atom. The molecule has 0 radical (unpaired) electrons. The molecule has 1 amide bonds. The number of fused-ring (bicyclic) bond motifs is 2. The first-order valence-corrected chi connectivity index (χ1v) is 6.58. The van der Waals surface area contributed by atoms with E-state index in [1.54, 1.807) is 0 Å². The highest BCUT2D eigenvalue weighted by Crippen LogP contribution is 2.52. The van der Waals surface area contributed by atoms with Gasteiger partial charge in [0.2, 0.25) is 0 Å². The van der Waals surface area contributed by atoms with Crippen LogP contribution >= 0.6 is 0 Å². The highest BCUT2D eigenvalue weighted by molar-refractivity contribution is 5.70. The van der Waals surface area contributed by atoms with E-state index in [0.29, 0.717) is 0 Å². The summed E-state index contributed by atoms with van der Waals surface area (Å²) in [6, 6.07) is 0. The number of epoxide rings is 1. The van der Waals surface area contributed by atoms with Crippen molar-refractivity contribution in [3.05, 3.63) is 0 Å². The van der Waals surface area contributed by atoms with Crippen molar-refractivity contribution in [3.8, 4) is 0 Å². The Bertz CT molecular complexity index is 341. The zero-order valence-electron chi connectivity index (χ0n) is 10.9. The molecule has 0 aromatic carbocycles. The molecule has 4 heteroatoms. The predicted octanol–water partition coefficient (Wildman–Crippen LogP) is 2.32. The maximum Gasteiger partial charge on any atom is 0.410 e. The average Bonchev–Trinajstić information content (AvgIpc) is 2.71. The summed E-state index contributed by atoms with van der Waals surface area (Å²) >= 11 is 0. The molecular formula is C13H21NO3. The fraction of sp³-hybridized carbons (Fsp3) is 0.923. The second-order valence-electron chi connectivity index (χ2n) is 6.50. The summed E-state index contributed by atoms with van der Waals surface area (Å²) in [6.07, 6.45) is 4.96. The summed E-state index contributed by atoms with van der Waals surface area (Å²) in [4.78, 5) is 14.2. The maximum atomic E-state index is 12.2. The van der Waals surface area contributed by atoms with Crippen LogP contribution in [0.5, 0.6) is 0 Å². The predicted molar refractivity (Wildman–Crippen MR) is 62.8 cm³/mol. The van der Waals surface area contributed by atoms with Gasteiger partial charge in [0.05, 0.1) is 12.1 Å². The summed E-state index contributed by atoms with van der Waals surface area (Å²) in [5.41, 5.74) is -0.447. The Morgan fingerprint density at radius 2 is 2.00 bits per heavy atom. The molecular weight excluding hydrogens is 218 g/mol. The third kappa shape index (κ3) is 1.73. The Labute approximate surface area is 102 Å². The Morgan fingerprint density at radius 1 is 1.35 bits per heavy atom. The van der Waals surface area contributed by atoms with Crippen LogP contribution in [0.25, 0.3) is 0 Å². The highest BCUT2D eigenvalue weighted by atomic mass is 16.6. The van der Waals surface area contributed by atoms with Gasteiger partial charge >= 0.3 is 6.09 Å². The first-order chi connectivity index (χ1) is 7.92. The van der Waals surface area contributed by atoms with Crippen molar-refractivity contribution in [1.29, 1.82) is 0 Å². The SMILES string of the molecule is CC(C)(C)OC(=O)N1CC2OC2C12CCCC2. The van der Waals surface area contributed by atoms with Crippen molar-refractivity contribution in [3.63, 3.8) is 0 Å². The number of morpholine rings is 1. The van der Waals surface area contributed by atoms with Crippen molar-refractivity contribution in [2.75, 3.05) is 6.54 Å². The van der Waals surface area contributed by atoms with Gasteiger partial charge in [0, 0.05) is 0 Å². The van der Waals surface area contributed by atoms with E-state index < -0.39 is 5.60 Å². The summed E-state index contributed by atoms with van der Waals surface area (Å²) < 4.78 is 11.2. The smallest absolute Gasteiger partial charge is 0.410 e. The largest absolute Gasteiger partial charge is 0.444 e. The first kappa shape index (κ1) is 11.3. The van der Waals surface area contributed by atoms with Crippen molar-refractivity contribution >= 4 is 6.09 Å². The lowest BCUT2D eigenvalue weighted by molar-refractivity contribution is -0.00942. The van der Waals surface area contributed by atoms with Crippen molar-refractivity contribution < 1.29 is 14.3 Å². The van der Waals surface area contributed by atoms with Crippen LogP contribution in [0.3, 0.4) is 0 Å². The zero-order valence-corrected chi connectivity index (χ0v) is 10.9. The Balaban J connectivity index is 1.77. The van der Waals surface area contributed by atoms with Crippen LogP contribution in [0, 0.1) is 0 Å². The quantitative estimate of drug-likeness (QED) is 0.609. The second kappa shape index (κ2) is 3.37. The lowest BCUT2D eigenvalue weighted by atomic mass is 9.94. The Hall–Kier alpha value is -0.770. The van der Waals surface area contributed by atoms with E-state index >= 15 is 0 Å². The number of ether oxygens (including phenoxy) is 2. The standard InChI is InChI=1S/C13H21NO3/c1-12(2,3)17-11(15)14-8-9-10(16-9)13(14)6-4-5-7-13/h9-10H,4-8H2,1-3H3. The molecule has 0 aromatic rings. The van der Waals surface area contributed by atoms with Crippen LogP contribution in [0.4, 0.5) is 4.79 Å². The van der Waals surface area contributed by atoms with E-state index in [1.165, 1.54) is 12.8 Å². The molecule has 2 atom stereocenters. The third-order valence-corrected chi connectivity index (χ3v) is 4.10. The molecule has 0 bridgehead atoms. The van der Waals surface area contributed by atoms with Crippen molar-refractivity contribution in [1.82, 2.24) is 4.90 Å². The molecule has 96 valence electrons. The fourth-order valence-corrected chi connectivity index (χ4v) is 3.38. The van der Waals surface area contributed by atoms with Gasteiger partial charge in [-0.2, -0.15) is 0 Å². The lowest BCUT2D eigenvalue weighted by Gasteiger charge is -2.37. The number of nitrogens with zero attached hydrogens (tertiary/aromatic N) is 1. The first-order valence-electron chi connectivity index (χ1n) is 6.58. The van der Waals surface area contributed by atoms with Gasteiger partial charge in [0.15, 0.2) is 0 Å². The molecule has 2 aliphatic heterocycles. The van der Waals surface area contributed by atoms with Crippen LogP contribution in [-0.4, -0.2) is 40.9 Å². The molecule has 0 N–H and O–H groups in total. The number of carbonyl (C=O) groups is 1. The van der Waals surface area contributed by atoms with E-state index in [0.717, 1.165) is 19.4 Å². The van der Waals surface area contributed by atoms with Crippen LogP contribution in [-0.2, 0) is 9.47 Å². The molecule has 1 spiro atoms. The average molecular weight is 239 g/mol. The summed E-state index contributed by atoms with van der Waals surface area (Å²) in [7, 11) is 0. The van der Waals surface area contributed by atoms with Gasteiger partial charge in [-0.05, 0) is 33.6 Å². The molecule has 3 fully saturated rings. The molecule has 2 unspecified atom stereocenters. The van der Waals surface area contributed by atoms with Gasteiger partial charge in [-0.1, -0.05) is 12.8 Å². The molecule has 3 rings (SSSR count). The van der Waals surface area contributed by atoms with Gasteiger partial charge in [0.25, 0.3) is 0 Å². The highest BCUT2D eigenvalue weighted by Gasteiger charge is 2.66. The van der Waals surface area contributed by atoms with Crippen LogP contribution < -0.4 is 0 Å². The number of hydrogen-bond acceptors (Lipinski definition) is 3. The molecule has 1 aliphatic carbocycles. The minimum absolute atomic E-state index is 0.0347. The molecule has 1 saturated carbocycles. The lowest BCUT2D eigenvalue weighted by Crippen LogP contribution is -2.51. The van der Waals surface area contributed by atoms with Crippen molar-refractivity contribution in [2.45, 2.75) is 69.8 Å².